The number of halogens is 1. The van der Waals surface area contributed by atoms with Crippen molar-refractivity contribution >= 4 is 64.5 Å². The largest absolute Gasteiger partial charge is 0.456 e. The van der Waals surface area contributed by atoms with Crippen LogP contribution in [0.15, 0.2) is 71.2 Å². The van der Waals surface area contributed by atoms with E-state index in [1.165, 1.54) is 42.2 Å². The lowest BCUT2D eigenvalue weighted by Gasteiger charge is -2.08. The van der Waals surface area contributed by atoms with Gasteiger partial charge in [0, 0.05) is 36.7 Å². The molecule has 0 radical (unpaired) electrons. The number of allylic oxidation sites excluding steroid dienone is 1. The fraction of sp³-hybridized carbons (Fsp3) is 0.0435. The van der Waals surface area contributed by atoms with E-state index in [-0.39, 0.29) is 4.83 Å². The van der Waals surface area contributed by atoms with Gasteiger partial charge in [0.25, 0.3) is 0 Å². The van der Waals surface area contributed by atoms with Gasteiger partial charge in [-0.25, -0.2) is 0 Å². The van der Waals surface area contributed by atoms with E-state index in [1.807, 2.05) is 11.3 Å². The molecule has 3 aromatic carbocycles. The monoisotopic (exact) mass is 416 g/mol. The second-order valence-corrected chi connectivity index (χ2v) is 8.64. The van der Waals surface area contributed by atoms with E-state index >= 15 is 0 Å². The van der Waals surface area contributed by atoms with Gasteiger partial charge >= 0.3 is 0 Å². The van der Waals surface area contributed by atoms with Crippen LogP contribution in [-0.4, -0.2) is 0 Å². The molecule has 5 aromatic rings. The molecular formula is C23H13BrOS. The highest BCUT2D eigenvalue weighted by Crippen LogP contribution is 2.47. The van der Waals surface area contributed by atoms with Crippen LogP contribution in [0.25, 0.3) is 48.3 Å². The Kier molecular flexibility index (Phi) is 3.02. The summed E-state index contributed by atoms with van der Waals surface area (Å²) in [4.78, 5) is 0.210. The maximum absolute atomic E-state index is 6.10. The summed E-state index contributed by atoms with van der Waals surface area (Å²) < 4.78 is 8.77. The van der Waals surface area contributed by atoms with Gasteiger partial charge in [0.2, 0.25) is 0 Å². The molecule has 0 amide bonds. The predicted molar refractivity (Wildman–Crippen MR) is 115 cm³/mol. The fourth-order valence-corrected chi connectivity index (χ4v) is 5.88. The van der Waals surface area contributed by atoms with Crippen molar-refractivity contribution in [1.29, 1.82) is 0 Å². The third-order valence-electron chi connectivity index (χ3n) is 5.17. The topological polar surface area (TPSA) is 13.1 Å². The number of hydrogen-bond donors (Lipinski definition) is 0. The zero-order valence-corrected chi connectivity index (χ0v) is 16.1. The molecule has 2 heterocycles. The summed E-state index contributed by atoms with van der Waals surface area (Å²) in [6, 6.07) is 21.7. The van der Waals surface area contributed by atoms with Crippen molar-refractivity contribution in [1.82, 2.24) is 0 Å². The van der Waals surface area contributed by atoms with Crippen molar-refractivity contribution in [3.8, 4) is 11.1 Å². The molecule has 1 nitrogen and oxygen atoms in total. The summed E-state index contributed by atoms with van der Waals surface area (Å²) in [5.74, 6) is 0.970. The molecule has 0 fully saturated rings. The van der Waals surface area contributed by atoms with E-state index in [1.54, 1.807) is 0 Å². The van der Waals surface area contributed by atoms with Gasteiger partial charge in [-0.15, -0.1) is 11.3 Å². The van der Waals surface area contributed by atoms with Crippen LogP contribution in [0.1, 0.15) is 16.2 Å². The van der Waals surface area contributed by atoms with Crippen molar-refractivity contribution < 1.29 is 4.42 Å². The standard InChI is InChI=1S/C23H13BrOS/c24-17-11-12-19-22(17)21-14(6-4-9-18(21)25-19)16-8-3-7-15-13-5-1-2-10-20(13)26-23(15)16/h1-12,17H. The number of hydrogen-bond acceptors (Lipinski definition) is 2. The number of alkyl halides is 1. The number of benzene rings is 3. The summed E-state index contributed by atoms with van der Waals surface area (Å²) in [7, 11) is 0. The Balaban J connectivity index is 1.75. The Morgan fingerprint density at radius 2 is 1.65 bits per heavy atom. The van der Waals surface area contributed by atoms with Gasteiger partial charge in [0.05, 0.1) is 4.83 Å². The molecule has 0 bridgehead atoms. The van der Waals surface area contributed by atoms with E-state index in [0.29, 0.717) is 0 Å². The van der Waals surface area contributed by atoms with Crippen LogP contribution >= 0.6 is 27.3 Å². The molecule has 1 atom stereocenters. The van der Waals surface area contributed by atoms with Crippen LogP contribution in [0.3, 0.4) is 0 Å². The van der Waals surface area contributed by atoms with E-state index in [0.717, 1.165) is 11.3 Å². The normalized spacial score (nSPS) is 16.1. The molecule has 0 saturated carbocycles. The average Bonchev–Trinajstić information content (AvgIpc) is 3.33. The Morgan fingerprint density at radius 1 is 0.846 bits per heavy atom. The molecule has 124 valence electrons. The summed E-state index contributed by atoms with van der Waals surface area (Å²) in [6.45, 7) is 0. The van der Waals surface area contributed by atoms with E-state index in [2.05, 4.69) is 88.7 Å². The first-order valence-electron chi connectivity index (χ1n) is 8.59. The summed E-state index contributed by atoms with van der Waals surface area (Å²) in [5.41, 5.74) is 4.73. The van der Waals surface area contributed by atoms with Crippen LogP contribution in [0, 0.1) is 0 Å². The van der Waals surface area contributed by atoms with Crippen molar-refractivity contribution in [3.05, 3.63) is 78.1 Å². The van der Waals surface area contributed by atoms with Gasteiger partial charge in [-0.3, -0.25) is 0 Å². The SMILES string of the molecule is BrC1C=Cc2oc3cccc(-c4cccc5c4sc4ccccc45)c3c21. The third-order valence-corrected chi connectivity index (χ3v) is 7.15. The predicted octanol–water partition coefficient (Wildman–Crippen LogP) is 7.93. The smallest absolute Gasteiger partial charge is 0.135 e. The summed E-state index contributed by atoms with van der Waals surface area (Å²) in [5, 5.41) is 3.88. The van der Waals surface area contributed by atoms with Crippen LogP contribution in [0.4, 0.5) is 0 Å². The molecule has 6 rings (SSSR count). The Bertz CT molecular complexity index is 1360. The van der Waals surface area contributed by atoms with Crippen LogP contribution in [0.2, 0.25) is 0 Å². The van der Waals surface area contributed by atoms with Crippen molar-refractivity contribution in [3.63, 3.8) is 0 Å². The van der Waals surface area contributed by atoms with Gasteiger partial charge in [-0.05, 0) is 23.8 Å². The van der Waals surface area contributed by atoms with E-state index in [9.17, 15) is 0 Å². The second-order valence-electron chi connectivity index (χ2n) is 6.60. The molecule has 26 heavy (non-hydrogen) atoms. The molecule has 2 aromatic heterocycles. The van der Waals surface area contributed by atoms with Crippen molar-refractivity contribution in [2.24, 2.45) is 0 Å². The molecule has 0 saturated heterocycles. The maximum atomic E-state index is 6.10. The number of rotatable bonds is 1. The lowest BCUT2D eigenvalue weighted by Crippen LogP contribution is -1.85. The summed E-state index contributed by atoms with van der Waals surface area (Å²) in [6.07, 6.45) is 4.21. The van der Waals surface area contributed by atoms with Crippen molar-refractivity contribution in [2.45, 2.75) is 4.83 Å². The van der Waals surface area contributed by atoms with E-state index in [4.69, 9.17) is 4.42 Å². The first-order valence-corrected chi connectivity index (χ1v) is 10.3. The highest BCUT2D eigenvalue weighted by Gasteiger charge is 2.25. The first kappa shape index (κ1) is 14.8. The average molecular weight is 417 g/mol. The van der Waals surface area contributed by atoms with E-state index < -0.39 is 0 Å². The number of fused-ring (bicyclic) bond motifs is 6. The maximum Gasteiger partial charge on any atom is 0.135 e. The summed E-state index contributed by atoms with van der Waals surface area (Å²) >= 11 is 5.65. The lowest BCUT2D eigenvalue weighted by atomic mass is 9.97. The molecule has 1 unspecified atom stereocenters. The van der Waals surface area contributed by atoms with Crippen LogP contribution < -0.4 is 0 Å². The molecular weight excluding hydrogens is 404 g/mol. The van der Waals surface area contributed by atoms with Crippen molar-refractivity contribution in [2.75, 3.05) is 0 Å². The minimum Gasteiger partial charge on any atom is -0.456 e. The molecule has 1 aliphatic carbocycles. The number of thiophene rings is 1. The van der Waals surface area contributed by atoms with Gasteiger partial charge < -0.3 is 4.42 Å². The first-order chi connectivity index (χ1) is 12.8. The third kappa shape index (κ3) is 1.90. The van der Waals surface area contributed by atoms with Crippen LogP contribution in [0.5, 0.6) is 0 Å². The molecule has 0 N–H and O–H groups in total. The zero-order valence-electron chi connectivity index (χ0n) is 13.7. The molecule has 1 aliphatic rings. The Morgan fingerprint density at radius 3 is 2.62 bits per heavy atom. The number of furan rings is 1. The second kappa shape index (κ2) is 5.32. The van der Waals surface area contributed by atoms with Gasteiger partial charge in [-0.1, -0.05) is 70.5 Å². The highest BCUT2D eigenvalue weighted by molar-refractivity contribution is 9.09. The van der Waals surface area contributed by atoms with Gasteiger partial charge in [0.15, 0.2) is 0 Å². The minimum atomic E-state index is 0.210. The Labute approximate surface area is 162 Å². The van der Waals surface area contributed by atoms with Gasteiger partial charge in [-0.2, -0.15) is 0 Å². The molecule has 0 aliphatic heterocycles. The van der Waals surface area contributed by atoms with Crippen LogP contribution in [-0.2, 0) is 0 Å². The molecule has 3 heteroatoms. The molecule has 0 spiro atoms. The quantitative estimate of drug-likeness (QED) is 0.253. The Hall–Kier alpha value is -2.36. The zero-order chi connectivity index (χ0) is 17.3. The van der Waals surface area contributed by atoms with Gasteiger partial charge in [0.1, 0.15) is 11.3 Å². The highest BCUT2D eigenvalue weighted by atomic mass is 79.9. The lowest BCUT2D eigenvalue weighted by molar-refractivity contribution is 0.602. The minimum absolute atomic E-state index is 0.210. The fourth-order valence-electron chi connectivity index (χ4n) is 4.04.